The smallest absolute Gasteiger partial charge is 0.342 e. The third kappa shape index (κ3) is 2.77. The Bertz CT molecular complexity index is 592. The quantitative estimate of drug-likeness (QED) is 0.581. The first-order chi connectivity index (χ1) is 9.09. The van der Waals surface area contributed by atoms with Gasteiger partial charge in [0.05, 0.1) is 0 Å². The largest absolute Gasteiger partial charge is 0.504 e. The van der Waals surface area contributed by atoms with Crippen LogP contribution in [-0.2, 0) is 11.3 Å². The maximum absolute atomic E-state index is 11.7. The normalized spacial score (nSPS) is 10.1. The molecule has 5 nitrogen and oxygen atoms in total. The van der Waals surface area contributed by atoms with Crippen molar-refractivity contribution < 1.29 is 24.9 Å². The molecule has 0 aliphatic heterocycles. The standard InChI is InChI=1S/C14H12O5/c15-11-7-6-10(12(16)13(11)17)14(18)19-8-9-4-2-1-3-5-9/h1-7,15-17H,8H2. The van der Waals surface area contributed by atoms with Gasteiger partial charge in [-0.1, -0.05) is 30.3 Å². The number of benzene rings is 2. The number of phenols is 3. The first-order valence-corrected chi connectivity index (χ1v) is 5.54. The summed E-state index contributed by atoms with van der Waals surface area (Å²) in [6, 6.07) is 11.3. The average Bonchev–Trinajstić information content (AvgIpc) is 2.43. The maximum atomic E-state index is 11.7. The zero-order valence-electron chi connectivity index (χ0n) is 9.91. The van der Waals surface area contributed by atoms with Crippen LogP contribution in [0.4, 0.5) is 0 Å². The highest BCUT2D eigenvalue weighted by Crippen LogP contribution is 2.37. The molecule has 0 aromatic heterocycles. The summed E-state index contributed by atoms with van der Waals surface area (Å²) < 4.78 is 5.00. The van der Waals surface area contributed by atoms with Gasteiger partial charge in [0.2, 0.25) is 5.75 Å². The Morgan fingerprint density at radius 1 is 0.947 bits per heavy atom. The molecule has 0 saturated heterocycles. The number of hydrogen-bond acceptors (Lipinski definition) is 5. The van der Waals surface area contributed by atoms with Crippen LogP contribution >= 0.6 is 0 Å². The van der Waals surface area contributed by atoms with Crippen molar-refractivity contribution >= 4 is 5.97 Å². The molecule has 19 heavy (non-hydrogen) atoms. The van der Waals surface area contributed by atoms with Crippen LogP contribution in [-0.4, -0.2) is 21.3 Å². The predicted octanol–water partition coefficient (Wildman–Crippen LogP) is 2.16. The Labute approximate surface area is 109 Å². The second-order valence-corrected chi connectivity index (χ2v) is 3.89. The van der Waals surface area contributed by atoms with E-state index < -0.39 is 23.2 Å². The molecule has 0 aliphatic rings. The lowest BCUT2D eigenvalue weighted by Gasteiger charge is -2.08. The van der Waals surface area contributed by atoms with Gasteiger partial charge in [0.15, 0.2) is 11.5 Å². The van der Waals surface area contributed by atoms with Gasteiger partial charge in [-0.25, -0.2) is 4.79 Å². The van der Waals surface area contributed by atoms with Gasteiger partial charge in [-0.05, 0) is 17.7 Å². The molecule has 5 heteroatoms. The molecule has 0 bridgehead atoms. The monoisotopic (exact) mass is 260 g/mol. The molecule has 0 unspecified atom stereocenters. The molecule has 3 N–H and O–H groups in total. The van der Waals surface area contributed by atoms with Crippen molar-refractivity contribution in [1.29, 1.82) is 0 Å². The number of hydrogen-bond donors (Lipinski definition) is 3. The Morgan fingerprint density at radius 2 is 1.63 bits per heavy atom. The summed E-state index contributed by atoms with van der Waals surface area (Å²) in [5, 5.41) is 28.0. The summed E-state index contributed by atoms with van der Waals surface area (Å²) in [7, 11) is 0. The topological polar surface area (TPSA) is 87.0 Å². The number of phenolic OH excluding ortho intramolecular Hbond substituents is 3. The van der Waals surface area contributed by atoms with E-state index in [1.807, 2.05) is 18.2 Å². The lowest BCUT2D eigenvalue weighted by molar-refractivity contribution is 0.0468. The van der Waals surface area contributed by atoms with Crippen molar-refractivity contribution in [2.45, 2.75) is 6.61 Å². The zero-order valence-corrected chi connectivity index (χ0v) is 9.91. The van der Waals surface area contributed by atoms with Crippen LogP contribution in [0.2, 0.25) is 0 Å². The molecule has 2 rings (SSSR count). The minimum atomic E-state index is -0.781. The molecule has 98 valence electrons. The van der Waals surface area contributed by atoms with Crippen LogP contribution in [0, 0.1) is 0 Å². The number of esters is 1. The van der Waals surface area contributed by atoms with Crippen molar-refractivity contribution in [3.63, 3.8) is 0 Å². The minimum absolute atomic E-state index is 0.0563. The summed E-state index contributed by atoms with van der Waals surface area (Å²) >= 11 is 0. The fourth-order valence-electron chi connectivity index (χ4n) is 1.53. The van der Waals surface area contributed by atoms with E-state index in [0.717, 1.165) is 11.6 Å². The highest BCUT2D eigenvalue weighted by atomic mass is 16.5. The SMILES string of the molecule is O=C(OCc1ccccc1)c1ccc(O)c(O)c1O. The van der Waals surface area contributed by atoms with Gasteiger partial charge in [0.1, 0.15) is 12.2 Å². The molecule has 2 aromatic rings. The zero-order chi connectivity index (χ0) is 13.8. The lowest BCUT2D eigenvalue weighted by atomic mass is 10.1. The number of rotatable bonds is 3. The van der Waals surface area contributed by atoms with Crippen molar-refractivity contribution in [3.8, 4) is 17.2 Å². The van der Waals surface area contributed by atoms with Crippen LogP contribution < -0.4 is 0 Å². The molecule has 2 aromatic carbocycles. The van der Waals surface area contributed by atoms with Gasteiger partial charge in [-0.15, -0.1) is 0 Å². The van der Waals surface area contributed by atoms with E-state index in [1.165, 1.54) is 6.07 Å². The molecule has 0 saturated carbocycles. The molecular weight excluding hydrogens is 248 g/mol. The number of carbonyl (C=O) groups is 1. The Morgan fingerprint density at radius 3 is 2.32 bits per heavy atom. The van der Waals surface area contributed by atoms with Crippen molar-refractivity contribution in [3.05, 3.63) is 53.6 Å². The predicted molar refractivity (Wildman–Crippen MR) is 67.0 cm³/mol. The van der Waals surface area contributed by atoms with Crippen LogP contribution in [0.5, 0.6) is 17.2 Å². The Kier molecular flexibility index (Phi) is 3.56. The highest BCUT2D eigenvalue weighted by molar-refractivity contribution is 5.93. The highest BCUT2D eigenvalue weighted by Gasteiger charge is 2.18. The van der Waals surface area contributed by atoms with E-state index in [2.05, 4.69) is 0 Å². The first-order valence-electron chi connectivity index (χ1n) is 5.54. The third-order valence-electron chi connectivity index (χ3n) is 2.56. The molecule has 0 aliphatic carbocycles. The molecule has 0 fully saturated rings. The maximum Gasteiger partial charge on any atom is 0.342 e. The van der Waals surface area contributed by atoms with Crippen LogP contribution in [0.25, 0.3) is 0 Å². The van der Waals surface area contributed by atoms with Crippen molar-refractivity contribution in [1.82, 2.24) is 0 Å². The average molecular weight is 260 g/mol. The van der Waals surface area contributed by atoms with Gasteiger partial charge in [-0.2, -0.15) is 0 Å². The molecule has 0 spiro atoms. The van der Waals surface area contributed by atoms with Crippen LogP contribution in [0.3, 0.4) is 0 Å². The fourth-order valence-corrected chi connectivity index (χ4v) is 1.53. The minimum Gasteiger partial charge on any atom is -0.504 e. The molecule has 0 heterocycles. The van der Waals surface area contributed by atoms with Gasteiger partial charge in [0, 0.05) is 0 Å². The van der Waals surface area contributed by atoms with Crippen molar-refractivity contribution in [2.24, 2.45) is 0 Å². The molecule has 0 atom stereocenters. The van der Waals surface area contributed by atoms with Crippen LogP contribution in [0.15, 0.2) is 42.5 Å². The van der Waals surface area contributed by atoms with E-state index in [0.29, 0.717) is 0 Å². The summed E-state index contributed by atoms with van der Waals surface area (Å²) in [6.45, 7) is 0.0563. The number of aromatic hydroxyl groups is 3. The first kappa shape index (κ1) is 12.8. The van der Waals surface area contributed by atoms with Crippen molar-refractivity contribution in [2.75, 3.05) is 0 Å². The molecular formula is C14H12O5. The Balaban J connectivity index is 2.11. The number of ether oxygens (including phenoxy) is 1. The summed E-state index contributed by atoms with van der Waals surface area (Å²) in [5.41, 5.74) is 0.601. The van der Waals surface area contributed by atoms with E-state index in [1.54, 1.807) is 12.1 Å². The van der Waals surface area contributed by atoms with E-state index in [-0.39, 0.29) is 12.2 Å². The fraction of sp³-hybridized carbons (Fsp3) is 0.0714. The van der Waals surface area contributed by atoms with E-state index in [4.69, 9.17) is 9.84 Å². The van der Waals surface area contributed by atoms with Gasteiger partial charge < -0.3 is 20.1 Å². The van der Waals surface area contributed by atoms with Gasteiger partial charge in [-0.3, -0.25) is 0 Å². The summed E-state index contributed by atoms with van der Waals surface area (Å²) in [6.07, 6.45) is 0. The second kappa shape index (κ2) is 5.30. The lowest BCUT2D eigenvalue weighted by Crippen LogP contribution is -2.05. The Hall–Kier alpha value is -2.69. The summed E-state index contributed by atoms with van der Waals surface area (Å²) in [4.78, 5) is 11.7. The summed E-state index contributed by atoms with van der Waals surface area (Å²) in [5.74, 6) is -2.72. The number of carbonyl (C=O) groups excluding carboxylic acids is 1. The van der Waals surface area contributed by atoms with Gasteiger partial charge in [0.25, 0.3) is 0 Å². The molecule has 0 radical (unpaired) electrons. The molecule has 0 amide bonds. The third-order valence-corrected chi connectivity index (χ3v) is 2.56. The van der Waals surface area contributed by atoms with E-state index >= 15 is 0 Å². The van der Waals surface area contributed by atoms with Crippen LogP contribution in [0.1, 0.15) is 15.9 Å². The van der Waals surface area contributed by atoms with E-state index in [9.17, 15) is 15.0 Å². The van der Waals surface area contributed by atoms with Gasteiger partial charge >= 0.3 is 5.97 Å². The second-order valence-electron chi connectivity index (χ2n) is 3.89.